The molecule has 0 N–H and O–H groups in total. The number of para-hydroxylation sites is 11. The maximum atomic E-state index is 6.68. The third kappa shape index (κ3) is 10.8. The van der Waals surface area contributed by atoms with E-state index in [0.717, 1.165) is 114 Å². The Morgan fingerprint density at radius 1 is 0.122 bits per heavy atom. The largest absolute Gasteiger partial charge is 0.458 e. The molecule has 0 bridgehead atoms. The van der Waals surface area contributed by atoms with Crippen molar-refractivity contribution in [1.82, 2.24) is 0 Å². The van der Waals surface area contributed by atoms with E-state index in [1.165, 1.54) is 160 Å². The van der Waals surface area contributed by atoms with Gasteiger partial charge in [-0.05, 0) is 279 Å². The van der Waals surface area contributed by atoms with Crippen molar-refractivity contribution in [2.45, 2.75) is 0 Å². The van der Waals surface area contributed by atoms with E-state index in [4.69, 9.17) is 28.4 Å². The third-order valence-electron chi connectivity index (χ3n) is 30.7. The van der Waals surface area contributed by atoms with E-state index in [-0.39, 0.29) is 40.3 Å². The van der Waals surface area contributed by atoms with Gasteiger partial charge in [-0.1, -0.05) is 273 Å². The SMILES string of the molecule is c1ccc(N2c3cccc4c3B(c3ccccc3O4)c3c2ccc2c4c(ccc32)N(c2ccccc2)c2cccc3c2B4c2ccccc2O3)cc1.c1ccc(N2c3cccc4c3B(c3ccccc3O4)c3ccc4c5c(ccc4c32)B2c3ccccc3Oc3cccc(c32)N5c2ccccc2)cc1.c1ccc2c(c1)Oc1cccc3c1B2c1cccc2c1N3c1cccc3c1B2c1ccccc1O3. The number of hydrogen-bond donors (Lipinski definition) is 0. The Kier molecular flexibility index (Phi) is 16.2. The van der Waals surface area contributed by atoms with E-state index < -0.39 is 0 Å². The van der Waals surface area contributed by atoms with Crippen molar-refractivity contribution in [3.05, 3.63) is 443 Å². The van der Waals surface area contributed by atoms with Crippen molar-refractivity contribution in [2.24, 2.45) is 0 Å². The molecule has 0 atom stereocenters. The molecule has 17 heteroatoms. The van der Waals surface area contributed by atoms with E-state index in [1.54, 1.807) is 0 Å². The summed E-state index contributed by atoms with van der Waals surface area (Å²) in [5.41, 5.74) is 39.9. The molecule has 0 aliphatic carbocycles. The minimum absolute atomic E-state index is 0.00787. The molecule has 0 aromatic heterocycles. The molecular formula is C122H73B6N5O6. The number of fused-ring (bicyclic) bond motifs is 30. The van der Waals surface area contributed by atoms with Gasteiger partial charge in [0, 0.05) is 96.1 Å². The Morgan fingerprint density at radius 2 is 0.324 bits per heavy atom. The number of ether oxygens (including phenoxy) is 6. The third-order valence-corrected chi connectivity index (χ3v) is 30.7. The number of hydrogen-bond acceptors (Lipinski definition) is 11. The fourth-order valence-corrected chi connectivity index (χ4v) is 25.4. The van der Waals surface area contributed by atoms with Crippen LogP contribution in [0.5, 0.6) is 69.0 Å². The van der Waals surface area contributed by atoms with Gasteiger partial charge in [0.15, 0.2) is 0 Å². The molecular weight excluding hydrogens is 1700 g/mol. The first-order valence-corrected chi connectivity index (χ1v) is 48.0. The summed E-state index contributed by atoms with van der Waals surface area (Å²) in [6.07, 6.45) is 0. The van der Waals surface area contributed by atoms with Crippen molar-refractivity contribution in [3.63, 3.8) is 0 Å². The molecule has 0 spiro atoms. The maximum absolute atomic E-state index is 6.68. The van der Waals surface area contributed by atoms with Crippen molar-refractivity contribution in [1.29, 1.82) is 0 Å². The van der Waals surface area contributed by atoms with E-state index in [1.807, 2.05) is 0 Å². The molecule has 640 valence electrons. The smallest absolute Gasteiger partial charge is 0.257 e. The summed E-state index contributed by atoms with van der Waals surface area (Å²) in [5.74, 6) is 11.1. The van der Waals surface area contributed by atoms with Gasteiger partial charge in [0.1, 0.15) is 69.0 Å². The average Bonchev–Trinajstić information content (AvgIpc) is 0.682. The molecule has 21 aromatic carbocycles. The lowest BCUT2D eigenvalue weighted by Gasteiger charge is -2.46. The zero-order valence-electron chi connectivity index (χ0n) is 74.8. The predicted molar refractivity (Wildman–Crippen MR) is 575 cm³/mol. The van der Waals surface area contributed by atoms with Crippen LogP contribution in [0.3, 0.4) is 0 Å². The molecule has 0 unspecified atom stereocenters. The van der Waals surface area contributed by atoms with Crippen LogP contribution in [0.25, 0.3) is 21.5 Å². The highest BCUT2D eigenvalue weighted by atomic mass is 16.5. The van der Waals surface area contributed by atoms with Gasteiger partial charge >= 0.3 is 0 Å². The molecule has 0 amide bonds. The Bertz CT molecular complexity index is 8420. The molecule has 11 nitrogen and oxygen atoms in total. The van der Waals surface area contributed by atoms with E-state index >= 15 is 0 Å². The Morgan fingerprint density at radius 3 is 0.619 bits per heavy atom. The van der Waals surface area contributed by atoms with Gasteiger partial charge in [0.05, 0.1) is 0 Å². The molecule has 0 saturated heterocycles. The molecule has 0 radical (unpaired) electrons. The summed E-state index contributed by atoms with van der Waals surface area (Å²) in [5, 5.41) is 4.91. The molecule has 33 rings (SSSR count). The van der Waals surface area contributed by atoms with Crippen LogP contribution in [0.2, 0.25) is 0 Å². The van der Waals surface area contributed by atoms with Gasteiger partial charge in [-0.25, -0.2) is 0 Å². The van der Waals surface area contributed by atoms with E-state index in [9.17, 15) is 0 Å². The summed E-state index contributed by atoms with van der Waals surface area (Å²) in [6, 6.07) is 159. The molecule has 139 heavy (non-hydrogen) atoms. The highest BCUT2D eigenvalue weighted by molar-refractivity contribution is 7.05. The van der Waals surface area contributed by atoms with Crippen LogP contribution in [0.15, 0.2) is 443 Å². The van der Waals surface area contributed by atoms with Crippen molar-refractivity contribution in [2.75, 3.05) is 24.5 Å². The van der Waals surface area contributed by atoms with Crippen LogP contribution < -0.4 is 151 Å². The summed E-state index contributed by atoms with van der Waals surface area (Å²) in [4.78, 5) is 12.2. The summed E-state index contributed by atoms with van der Waals surface area (Å²) in [7, 11) is 0. The average molecular weight is 1770 g/mol. The second-order valence-corrected chi connectivity index (χ2v) is 37.6. The minimum Gasteiger partial charge on any atom is -0.458 e. The standard InChI is InChI=1S/2C46H28B2N2O2.C30H17B2NO2/c1-3-13-29(14-4-1)49-37-19-11-23-41-43(37)47(33-17-7-9-21-39(33)51-41)35-27-26-32-31(45(35)49)25-28-36-46(32)50(30-15-5-2-6-16-30)38-20-12-24-42-44(38)48(36)34-18-8-10-22-40(34)52-42;1-3-13-29(14-4-1)49-35-19-11-23-41-45(35)47(33-17-7-9-21-39(33)51-41)43-31-26-28-38-44(32(31)25-27-37(43)49)48-34-18-8-10-22-40(34)52-42-24-12-20-36(46(42)48)50(38)30-15-5-2-6-16-30;1-3-14-24-18(8-1)31-20-10-5-11-21-30(20)33(22-12-6-16-26(34-24)28(22)31)23-13-7-17-27-29(23)32(21)19-9-2-4-15-25(19)35-27/h2*1-28H;1-17H. The Labute approximate surface area is 804 Å². The van der Waals surface area contributed by atoms with Crippen LogP contribution in [-0.4, -0.2) is 40.3 Å². The second kappa shape index (κ2) is 29.4. The molecule has 12 heterocycles. The first-order valence-electron chi connectivity index (χ1n) is 48.0. The number of nitrogens with zero attached hydrogens (tertiary/aromatic N) is 5. The predicted octanol–water partition coefficient (Wildman–Crippen LogP) is 18.3. The quantitative estimate of drug-likeness (QED) is 0.158. The first kappa shape index (κ1) is 76.7. The fraction of sp³-hybridized carbons (Fsp3) is 0. The topological polar surface area (TPSA) is 71.6 Å². The summed E-state index contributed by atoms with van der Waals surface area (Å²) in [6.45, 7) is 0.317. The zero-order chi connectivity index (χ0) is 90.5. The maximum Gasteiger partial charge on any atom is 0.257 e. The summed E-state index contributed by atoms with van der Waals surface area (Å²) < 4.78 is 39.4. The van der Waals surface area contributed by atoms with Gasteiger partial charge < -0.3 is 52.9 Å². The van der Waals surface area contributed by atoms with Crippen LogP contribution in [0, 0.1) is 0 Å². The summed E-state index contributed by atoms with van der Waals surface area (Å²) >= 11 is 0. The number of benzene rings is 21. The van der Waals surface area contributed by atoms with Crippen LogP contribution >= 0.6 is 0 Å². The second-order valence-electron chi connectivity index (χ2n) is 37.6. The van der Waals surface area contributed by atoms with Crippen molar-refractivity contribution < 1.29 is 28.4 Å². The molecule has 0 saturated carbocycles. The van der Waals surface area contributed by atoms with Gasteiger partial charge in [-0.15, -0.1) is 0 Å². The molecule has 21 aromatic rings. The van der Waals surface area contributed by atoms with Gasteiger partial charge in [0.25, 0.3) is 40.3 Å². The van der Waals surface area contributed by atoms with Gasteiger partial charge in [-0.2, -0.15) is 0 Å². The lowest BCUT2D eigenvalue weighted by Crippen LogP contribution is -2.66. The molecule has 12 aliphatic heterocycles. The van der Waals surface area contributed by atoms with Gasteiger partial charge in [0.2, 0.25) is 0 Å². The van der Waals surface area contributed by atoms with Crippen LogP contribution in [0.1, 0.15) is 0 Å². The molecule has 0 fully saturated rings. The van der Waals surface area contributed by atoms with E-state index in [0.29, 0.717) is 0 Å². The van der Waals surface area contributed by atoms with E-state index in [2.05, 4.69) is 467 Å². The minimum atomic E-state index is -0.00787. The normalized spacial score (nSPS) is 14.1. The van der Waals surface area contributed by atoms with Gasteiger partial charge in [-0.3, -0.25) is 0 Å². The van der Waals surface area contributed by atoms with Crippen molar-refractivity contribution >= 4 is 245 Å². The van der Waals surface area contributed by atoms with Crippen LogP contribution in [-0.2, 0) is 0 Å². The first-order chi connectivity index (χ1) is 69.0. The van der Waals surface area contributed by atoms with Crippen LogP contribution in [0.4, 0.5) is 85.3 Å². The molecule has 12 aliphatic rings. The Hall–Kier alpha value is -17.7. The highest BCUT2D eigenvalue weighted by Crippen LogP contribution is 2.53. The lowest BCUT2D eigenvalue weighted by atomic mass is 9.29. The lowest BCUT2D eigenvalue weighted by molar-refractivity contribution is 0.487. The highest BCUT2D eigenvalue weighted by Gasteiger charge is 2.53. The Balaban J connectivity index is 0.0000000983. The van der Waals surface area contributed by atoms with Crippen molar-refractivity contribution in [3.8, 4) is 69.0 Å². The zero-order valence-corrected chi connectivity index (χ0v) is 74.8. The number of rotatable bonds is 4. The monoisotopic (exact) mass is 1770 g/mol. The number of anilines is 15. The fourth-order valence-electron chi connectivity index (χ4n) is 25.4.